The number of hydrogen-bond acceptors (Lipinski definition) is 5. The third kappa shape index (κ3) is 10.5. The summed E-state index contributed by atoms with van der Waals surface area (Å²) in [5.41, 5.74) is 1.05. The summed E-state index contributed by atoms with van der Waals surface area (Å²) in [4.78, 5) is 31.0. The Kier molecular flexibility index (Phi) is 13.5. The van der Waals surface area contributed by atoms with E-state index in [9.17, 15) is 9.59 Å². The van der Waals surface area contributed by atoms with Crippen LogP contribution in [0.25, 0.3) is 0 Å². The van der Waals surface area contributed by atoms with Crippen molar-refractivity contribution in [2.24, 2.45) is 0 Å². The Labute approximate surface area is 211 Å². The summed E-state index contributed by atoms with van der Waals surface area (Å²) in [6.07, 6.45) is 13.1. The third-order valence-corrected chi connectivity index (χ3v) is 5.87. The molecule has 1 heterocycles. The van der Waals surface area contributed by atoms with Gasteiger partial charge in [0.05, 0.1) is 25.5 Å². The highest BCUT2D eigenvalue weighted by Gasteiger charge is 2.22. The van der Waals surface area contributed by atoms with Crippen molar-refractivity contribution in [2.45, 2.75) is 91.5 Å². The van der Waals surface area contributed by atoms with E-state index in [0.717, 1.165) is 25.7 Å². The van der Waals surface area contributed by atoms with Gasteiger partial charge in [0.1, 0.15) is 0 Å². The molecule has 0 aliphatic carbocycles. The fourth-order valence-corrected chi connectivity index (χ4v) is 3.78. The normalized spacial score (nSPS) is 10.7. The van der Waals surface area contributed by atoms with Gasteiger partial charge in [0.2, 0.25) is 5.91 Å². The van der Waals surface area contributed by atoms with Crippen molar-refractivity contribution in [1.29, 1.82) is 0 Å². The monoisotopic (exact) mass is 482 g/mol. The molecule has 6 nitrogen and oxygen atoms in total. The van der Waals surface area contributed by atoms with Crippen molar-refractivity contribution < 1.29 is 19.1 Å². The first kappa shape index (κ1) is 28.3. The Bertz CT molecular complexity index is 886. The van der Waals surface area contributed by atoms with E-state index in [1.165, 1.54) is 50.3 Å². The molecule has 6 heteroatoms. The zero-order valence-corrected chi connectivity index (χ0v) is 21.8. The third-order valence-electron chi connectivity index (χ3n) is 5.87. The first-order valence-corrected chi connectivity index (χ1v) is 13.2. The lowest BCUT2D eigenvalue weighted by molar-refractivity contribution is -0.126. The van der Waals surface area contributed by atoms with E-state index in [4.69, 9.17) is 9.47 Å². The number of carbonyl (C=O) groups excluding carboxylic acids is 2. The lowest BCUT2D eigenvalue weighted by atomic mass is 10.1. The van der Waals surface area contributed by atoms with Crippen LogP contribution in [-0.2, 0) is 11.3 Å². The van der Waals surface area contributed by atoms with Crippen LogP contribution in [0.5, 0.6) is 11.5 Å². The number of pyridine rings is 1. The summed E-state index contributed by atoms with van der Waals surface area (Å²) in [6.45, 7) is 7.10. The van der Waals surface area contributed by atoms with Crippen LogP contribution in [0.1, 0.15) is 101 Å². The number of carbonyl (C=O) groups is 2. The Morgan fingerprint density at radius 3 is 2.00 bits per heavy atom. The van der Waals surface area contributed by atoms with Gasteiger partial charge in [-0.3, -0.25) is 19.5 Å². The summed E-state index contributed by atoms with van der Waals surface area (Å²) in [6, 6.07) is 10.6. The van der Waals surface area contributed by atoms with Crippen molar-refractivity contribution in [1.82, 2.24) is 9.88 Å². The zero-order valence-electron chi connectivity index (χ0n) is 21.8. The standard InChI is InChI=1S/C29H42N2O4/c1-4-6-8-10-14-20-34-27-18-17-25(22-28(27)35-21-15-11-9-7-5-2)29(33)31(24(3)32)23-26-16-12-13-19-30-26/h12-13,16-19,22H,4-11,14-15,20-21,23H2,1-3H3. The van der Waals surface area contributed by atoms with Gasteiger partial charge in [0.25, 0.3) is 5.91 Å². The molecule has 0 aliphatic heterocycles. The van der Waals surface area contributed by atoms with E-state index in [1.807, 2.05) is 6.07 Å². The van der Waals surface area contributed by atoms with E-state index >= 15 is 0 Å². The van der Waals surface area contributed by atoms with Crippen LogP contribution in [0.15, 0.2) is 42.6 Å². The molecule has 2 rings (SSSR count). The topological polar surface area (TPSA) is 68.7 Å². The van der Waals surface area contributed by atoms with Crippen molar-refractivity contribution in [3.8, 4) is 11.5 Å². The second-order valence-electron chi connectivity index (χ2n) is 8.92. The number of benzene rings is 1. The maximum Gasteiger partial charge on any atom is 0.260 e. The van der Waals surface area contributed by atoms with Crippen LogP contribution in [0, 0.1) is 0 Å². The summed E-state index contributed by atoms with van der Waals surface area (Å²) in [5.74, 6) is 0.499. The Morgan fingerprint density at radius 1 is 0.800 bits per heavy atom. The molecule has 2 aromatic rings. The highest BCUT2D eigenvalue weighted by molar-refractivity contribution is 6.04. The van der Waals surface area contributed by atoms with Gasteiger partial charge in [0.15, 0.2) is 11.5 Å². The number of imide groups is 1. The lowest BCUT2D eigenvalue weighted by Crippen LogP contribution is -2.35. The second-order valence-corrected chi connectivity index (χ2v) is 8.92. The van der Waals surface area contributed by atoms with E-state index in [0.29, 0.717) is 36.0 Å². The second kappa shape index (κ2) is 16.7. The minimum atomic E-state index is -0.373. The van der Waals surface area contributed by atoms with Crippen molar-refractivity contribution in [2.75, 3.05) is 13.2 Å². The quantitative estimate of drug-likeness (QED) is 0.228. The molecule has 35 heavy (non-hydrogen) atoms. The molecule has 0 aliphatic rings. The molecule has 1 aromatic carbocycles. The predicted molar refractivity (Wildman–Crippen MR) is 140 cm³/mol. The Hall–Kier alpha value is -2.89. The summed E-state index contributed by atoms with van der Waals surface area (Å²) >= 11 is 0. The number of nitrogens with zero attached hydrogens (tertiary/aromatic N) is 2. The smallest absolute Gasteiger partial charge is 0.260 e. The summed E-state index contributed by atoms with van der Waals surface area (Å²) in [5, 5.41) is 0. The van der Waals surface area contributed by atoms with Crippen molar-refractivity contribution >= 4 is 11.8 Å². The van der Waals surface area contributed by atoms with Crippen LogP contribution in [0.4, 0.5) is 0 Å². The Balaban J connectivity index is 2.10. The molecule has 0 saturated carbocycles. The minimum absolute atomic E-state index is 0.124. The highest BCUT2D eigenvalue weighted by Crippen LogP contribution is 2.30. The number of amides is 2. The van der Waals surface area contributed by atoms with E-state index in [2.05, 4.69) is 18.8 Å². The molecule has 0 saturated heterocycles. The van der Waals surface area contributed by atoms with E-state index in [-0.39, 0.29) is 18.4 Å². The number of hydrogen-bond donors (Lipinski definition) is 0. The maximum absolute atomic E-state index is 13.2. The lowest BCUT2D eigenvalue weighted by Gasteiger charge is -2.20. The maximum atomic E-state index is 13.2. The molecule has 0 bridgehead atoms. The first-order chi connectivity index (χ1) is 17.1. The van der Waals surface area contributed by atoms with Crippen LogP contribution in [-0.4, -0.2) is 34.9 Å². The van der Waals surface area contributed by atoms with Gasteiger partial charge in [-0.15, -0.1) is 0 Å². The molecular formula is C29H42N2O4. The van der Waals surface area contributed by atoms with Crippen molar-refractivity contribution in [3.05, 3.63) is 53.9 Å². The summed E-state index contributed by atoms with van der Waals surface area (Å²) < 4.78 is 12.1. The zero-order chi connectivity index (χ0) is 25.3. The van der Waals surface area contributed by atoms with Gasteiger partial charge in [-0.25, -0.2) is 0 Å². The SMILES string of the molecule is CCCCCCCOc1ccc(C(=O)N(Cc2ccccn2)C(C)=O)cc1OCCCCCCC. The van der Waals surface area contributed by atoms with Crippen LogP contribution < -0.4 is 9.47 Å². The first-order valence-electron chi connectivity index (χ1n) is 13.2. The van der Waals surface area contributed by atoms with E-state index < -0.39 is 0 Å². The van der Waals surface area contributed by atoms with Crippen LogP contribution in [0.3, 0.4) is 0 Å². The Morgan fingerprint density at radius 2 is 1.43 bits per heavy atom. The van der Waals surface area contributed by atoms with Gasteiger partial charge in [-0.05, 0) is 43.2 Å². The number of rotatable bonds is 17. The fraction of sp³-hybridized carbons (Fsp3) is 0.552. The molecule has 0 unspecified atom stereocenters. The molecule has 0 N–H and O–H groups in total. The van der Waals surface area contributed by atoms with Crippen LogP contribution in [0.2, 0.25) is 0 Å². The molecule has 1 aromatic heterocycles. The van der Waals surface area contributed by atoms with E-state index in [1.54, 1.807) is 36.5 Å². The fourth-order valence-electron chi connectivity index (χ4n) is 3.78. The van der Waals surface area contributed by atoms with Gasteiger partial charge < -0.3 is 9.47 Å². The molecular weight excluding hydrogens is 440 g/mol. The molecule has 0 spiro atoms. The molecule has 0 fully saturated rings. The number of unbranched alkanes of at least 4 members (excludes halogenated alkanes) is 8. The van der Waals surface area contributed by atoms with Gasteiger partial charge in [0, 0.05) is 18.7 Å². The largest absolute Gasteiger partial charge is 0.490 e. The number of ether oxygens (including phenoxy) is 2. The van der Waals surface area contributed by atoms with Crippen molar-refractivity contribution in [3.63, 3.8) is 0 Å². The predicted octanol–water partition coefficient (Wildman–Crippen LogP) is 6.97. The molecule has 0 atom stereocenters. The number of aromatic nitrogens is 1. The van der Waals surface area contributed by atoms with Crippen LogP contribution >= 0.6 is 0 Å². The van der Waals surface area contributed by atoms with Gasteiger partial charge in [-0.2, -0.15) is 0 Å². The van der Waals surface area contributed by atoms with Gasteiger partial charge >= 0.3 is 0 Å². The minimum Gasteiger partial charge on any atom is -0.490 e. The highest BCUT2D eigenvalue weighted by atomic mass is 16.5. The summed E-state index contributed by atoms with van der Waals surface area (Å²) in [7, 11) is 0. The molecule has 0 radical (unpaired) electrons. The average molecular weight is 483 g/mol. The average Bonchev–Trinajstić information content (AvgIpc) is 2.87. The molecule has 192 valence electrons. The van der Waals surface area contributed by atoms with Gasteiger partial charge in [-0.1, -0.05) is 71.3 Å². The molecule has 2 amide bonds.